The van der Waals surface area contributed by atoms with E-state index in [9.17, 15) is 4.79 Å². The Morgan fingerprint density at radius 3 is 2.76 bits per heavy atom. The second-order valence-corrected chi connectivity index (χ2v) is 6.39. The predicted octanol–water partition coefficient (Wildman–Crippen LogP) is 1.90. The molecule has 1 fully saturated rings. The molecule has 21 heavy (non-hydrogen) atoms. The summed E-state index contributed by atoms with van der Waals surface area (Å²) in [6.45, 7) is 6.91. The quantitative estimate of drug-likeness (QED) is 0.505. The highest BCUT2D eigenvalue weighted by atomic mass is 16.5. The summed E-state index contributed by atoms with van der Waals surface area (Å²) in [6, 6.07) is 8.03. The highest BCUT2D eigenvalue weighted by Gasteiger charge is 2.31. The number of ether oxygens (including phenoxy) is 2. The van der Waals surface area contributed by atoms with Crippen LogP contribution in [0.15, 0.2) is 24.3 Å². The van der Waals surface area contributed by atoms with E-state index in [1.54, 1.807) is 0 Å². The Hall–Kier alpha value is -1.59. The summed E-state index contributed by atoms with van der Waals surface area (Å²) in [4.78, 5) is 11.4. The first-order valence-corrected chi connectivity index (χ1v) is 7.30. The minimum atomic E-state index is -0.457. The van der Waals surface area contributed by atoms with Gasteiger partial charge in [0.2, 0.25) is 0 Å². The van der Waals surface area contributed by atoms with Crippen molar-refractivity contribution in [3.63, 3.8) is 0 Å². The lowest BCUT2D eigenvalue weighted by molar-refractivity contribution is -0.132. The Kier molecular flexibility index (Phi) is 4.85. The second kappa shape index (κ2) is 6.45. The lowest BCUT2D eigenvalue weighted by Crippen LogP contribution is -2.39. The van der Waals surface area contributed by atoms with Gasteiger partial charge in [-0.2, -0.15) is 0 Å². The fourth-order valence-corrected chi connectivity index (χ4v) is 2.51. The third kappa shape index (κ3) is 3.95. The first-order chi connectivity index (χ1) is 9.91. The van der Waals surface area contributed by atoms with Crippen LogP contribution in [-0.4, -0.2) is 24.7 Å². The number of para-hydroxylation sites is 1. The molecule has 116 valence electrons. The number of benzene rings is 1. The molecule has 1 heterocycles. The Labute approximate surface area is 125 Å². The van der Waals surface area contributed by atoms with Gasteiger partial charge in [-0.05, 0) is 29.9 Å². The molecule has 2 unspecified atom stereocenters. The van der Waals surface area contributed by atoms with Gasteiger partial charge in [0.15, 0.2) is 0 Å². The van der Waals surface area contributed by atoms with E-state index in [0.29, 0.717) is 13.0 Å². The number of amides is 1. The minimum absolute atomic E-state index is 0.0229. The van der Waals surface area contributed by atoms with Crippen molar-refractivity contribution >= 4 is 5.91 Å². The average molecular weight is 292 g/mol. The number of hydrogen-bond acceptors (Lipinski definition) is 4. The number of hydrazine groups is 1. The van der Waals surface area contributed by atoms with Gasteiger partial charge < -0.3 is 9.47 Å². The van der Waals surface area contributed by atoms with Crippen LogP contribution in [0.2, 0.25) is 0 Å². The monoisotopic (exact) mass is 292 g/mol. The summed E-state index contributed by atoms with van der Waals surface area (Å²) in [6.07, 6.45) is 0.954. The van der Waals surface area contributed by atoms with Crippen LogP contribution < -0.4 is 16.0 Å². The SMILES string of the molecule is CC(C)(C)c1ccccc1OCC1CCC(C(=O)NN)O1. The van der Waals surface area contributed by atoms with Crippen LogP contribution in [0.5, 0.6) is 5.75 Å². The predicted molar refractivity (Wildman–Crippen MR) is 80.9 cm³/mol. The second-order valence-electron chi connectivity index (χ2n) is 6.39. The van der Waals surface area contributed by atoms with Crippen molar-refractivity contribution in [3.8, 4) is 5.75 Å². The van der Waals surface area contributed by atoms with Crippen LogP contribution in [-0.2, 0) is 14.9 Å². The van der Waals surface area contributed by atoms with Gasteiger partial charge in [-0.3, -0.25) is 10.2 Å². The smallest absolute Gasteiger partial charge is 0.263 e. The maximum absolute atomic E-state index is 11.4. The number of hydrogen-bond donors (Lipinski definition) is 2. The Bertz CT molecular complexity index is 497. The Morgan fingerprint density at radius 2 is 2.10 bits per heavy atom. The van der Waals surface area contributed by atoms with Crippen LogP contribution in [0.25, 0.3) is 0 Å². The topological polar surface area (TPSA) is 73.6 Å². The molecule has 1 aromatic rings. The summed E-state index contributed by atoms with van der Waals surface area (Å²) in [5, 5.41) is 0. The number of carbonyl (C=O) groups is 1. The molecule has 3 N–H and O–H groups in total. The molecular weight excluding hydrogens is 268 g/mol. The van der Waals surface area contributed by atoms with E-state index in [0.717, 1.165) is 12.2 Å². The first kappa shape index (κ1) is 15.8. The van der Waals surface area contributed by atoms with Crippen LogP contribution >= 0.6 is 0 Å². The molecule has 2 atom stereocenters. The summed E-state index contributed by atoms with van der Waals surface area (Å²) in [5.41, 5.74) is 3.31. The van der Waals surface area contributed by atoms with E-state index in [2.05, 4.69) is 32.3 Å². The van der Waals surface area contributed by atoms with Crippen molar-refractivity contribution < 1.29 is 14.3 Å². The van der Waals surface area contributed by atoms with Crippen LogP contribution in [0.3, 0.4) is 0 Å². The van der Waals surface area contributed by atoms with E-state index in [1.807, 2.05) is 18.2 Å². The van der Waals surface area contributed by atoms with E-state index < -0.39 is 6.10 Å². The number of carbonyl (C=O) groups excluding carboxylic acids is 1. The molecular formula is C16H24N2O3. The van der Waals surface area contributed by atoms with E-state index >= 15 is 0 Å². The molecule has 0 aliphatic carbocycles. The van der Waals surface area contributed by atoms with E-state index in [1.165, 1.54) is 5.56 Å². The number of nitrogens with one attached hydrogen (secondary N) is 1. The van der Waals surface area contributed by atoms with Gasteiger partial charge in [0.25, 0.3) is 5.91 Å². The molecule has 5 nitrogen and oxygen atoms in total. The molecule has 2 rings (SSSR count). The molecule has 0 spiro atoms. The van der Waals surface area contributed by atoms with Gasteiger partial charge >= 0.3 is 0 Å². The van der Waals surface area contributed by atoms with Gasteiger partial charge in [-0.25, -0.2) is 5.84 Å². The zero-order chi connectivity index (χ0) is 15.5. The maximum atomic E-state index is 11.4. The van der Waals surface area contributed by atoms with E-state index in [4.69, 9.17) is 15.3 Å². The summed E-state index contributed by atoms with van der Waals surface area (Å²) in [5.74, 6) is 5.72. The van der Waals surface area contributed by atoms with Crippen LogP contribution in [0.4, 0.5) is 0 Å². The molecule has 1 aliphatic rings. The van der Waals surface area contributed by atoms with Gasteiger partial charge in [0.05, 0.1) is 6.10 Å². The first-order valence-electron chi connectivity index (χ1n) is 7.30. The average Bonchev–Trinajstić information content (AvgIpc) is 2.92. The molecule has 1 aromatic carbocycles. The summed E-state index contributed by atoms with van der Waals surface area (Å²) in [7, 11) is 0. The molecule has 0 saturated carbocycles. The maximum Gasteiger partial charge on any atom is 0.263 e. The van der Waals surface area contributed by atoms with Crippen molar-refractivity contribution in [3.05, 3.63) is 29.8 Å². The number of rotatable bonds is 4. The van der Waals surface area contributed by atoms with Crippen molar-refractivity contribution in [2.24, 2.45) is 5.84 Å². The summed E-state index contributed by atoms with van der Waals surface area (Å²) < 4.78 is 11.6. The standard InChI is InChI=1S/C16H24N2O3/c1-16(2,3)12-6-4-5-7-13(12)20-10-11-8-9-14(21-11)15(19)18-17/h4-7,11,14H,8-10,17H2,1-3H3,(H,18,19). The fourth-order valence-electron chi connectivity index (χ4n) is 2.51. The summed E-state index contributed by atoms with van der Waals surface area (Å²) >= 11 is 0. The van der Waals surface area contributed by atoms with Gasteiger partial charge in [0, 0.05) is 0 Å². The highest BCUT2D eigenvalue weighted by Crippen LogP contribution is 2.31. The zero-order valence-electron chi connectivity index (χ0n) is 12.9. The molecule has 0 aromatic heterocycles. The molecule has 0 bridgehead atoms. The van der Waals surface area contributed by atoms with Crippen LogP contribution in [0, 0.1) is 0 Å². The van der Waals surface area contributed by atoms with E-state index in [-0.39, 0.29) is 17.4 Å². The largest absolute Gasteiger partial charge is 0.491 e. The lowest BCUT2D eigenvalue weighted by atomic mass is 9.86. The normalized spacial score (nSPS) is 22.1. The van der Waals surface area contributed by atoms with Gasteiger partial charge in [-0.1, -0.05) is 39.0 Å². The fraction of sp³-hybridized carbons (Fsp3) is 0.562. The van der Waals surface area contributed by atoms with Crippen molar-refractivity contribution in [1.82, 2.24) is 5.43 Å². The van der Waals surface area contributed by atoms with Crippen molar-refractivity contribution in [1.29, 1.82) is 0 Å². The van der Waals surface area contributed by atoms with Crippen LogP contribution in [0.1, 0.15) is 39.2 Å². The van der Waals surface area contributed by atoms with Crippen molar-refractivity contribution in [2.45, 2.75) is 51.2 Å². The zero-order valence-corrected chi connectivity index (χ0v) is 12.9. The molecule has 0 radical (unpaired) electrons. The Balaban J connectivity index is 1.94. The molecule has 1 amide bonds. The lowest BCUT2D eigenvalue weighted by Gasteiger charge is -2.23. The van der Waals surface area contributed by atoms with Crippen molar-refractivity contribution in [2.75, 3.05) is 6.61 Å². The van der Waals surface area contributed by atoms with Gasteiger partial charge in [-0.15, -0.1) is 0 Å². The minimum Gasteiger partial charge on any atom is -0.491 e. The molecule has 1 saturated heterocycles. The molecule has 1 aliphatic heterocycles. The van der Waals surface area contributed by atoms with Gasteiger partial charge in [0.1, 0.15) is 18.5 Å². The third-order valence-electron chi connectivity index (χ3n) is 3.66. The molecule has 5 heteroatoms. The Morgan fingerprint density at radius 1 is 1.38 bits per heavy atom. The highest BCUT2D eigenvalue weighted by molar-refractivity contribution is 5.80. The number of nitrogens with two attached hydrogens (primary N) is 1. The third-order valence-corrected chi connectivity index (χ3v) is 3.66.